The molecular formula is C14H20N4O. The zero-order valence-corrected chi connectivity index (χ0v) is 11.3. The van der Waals surface area contributed by atoms with E-state index < -0.39 is 0 Å². The molecule has 3 rings (SSSR count). The van der Waals surface area contributed by atoms with E-state index in [1.54, 1.807) is 0 Å². The van der Waals surface area contributed by atoms with Gasteiger partial charge in [-0.05, 0) is 25.1 Å². The van der Waals surface area contributed by atoms with E-state index in [2.05, 4.69) is 26.4 Å². The second-order valence-electron chi connectivity index (χ2n) is 5.05. The Balaban J connectivity index is 2.02. The highest BCUT2D eigenvalue weighted by Gasteiger charge is 2.26. The van der Waals surface area contributed by atoms with Gasteiger partial charge in [-0.25, -0.2) is 9.97 Å². The van der Waals surface area contributed by atoms with Crippen molar-refractivity contribution in [2.75, 3.05) is 26.2 Å². The molecule has 0 radical (unpaired) electrons. The van der Waals surface area contributed by atoms with E-state index in [0.29, 0.717) is 12.5 Å². The van der Waals surface area contributed by atoms with Gasteiger partial charge >= 0.3 is 0 Å². The van der Waals surface area contributed by atoms with E-state index in [1.807, 2.05) is 18.3 Å². The van der Waals surface area contributed by atoms with Gasteiger partial charge in [0.25, 0.3) is 0 Å². The lowest BCUT2D eigenvalue weighted by Gasteiger charge is -2.17. The van der Waals surface area contributed by atoms with Gasteiger partial charge < -0.3 is 14.6 Å². The molecule has 102 valence electrons. The Morgan fingerprint density at radius 2 is 2.37 bits per heavy atom. The Bertz CT molecular complexity index is 566. The van der Waals surface area contributed by atoms with Gasteiger partial charge in [0.15, 0.2) is 5.65 Å². The third-order valence-electron chi connectivity index (χ3n) is 3.92. The zero-order chi connectivity index (χ0) is 13.2. The molecule has 2 aromatic rings. The van der Waals surface area contributed by atoms with Crippen molar-refractivity contribution >= 4 is 11.2 Å². The van der Waals surface area contributed by atoms with Crippen LogP contribution in [0.5, 0.6) is 0 Å². The van der Waals surface area contributed by atoms with Crippen molar-refractivity contribution in [2.24, 2.45) is 0 Å². The highest BCUT2D eigenvalue weighted by molar-refractivity contribution is 5.71. The number of imidazole rings is 1. The van der Waals surface area contributed by atoms with Crippen LogP contribution < -0.4 is 0 Å². The highest BCUT2D eigenvalue weighted by atomic mass is 16.3. The van der Waals surface area contributed by atoms with Crippen molar-refractivity contribution in [3.8, 4) is 0 Å². The quantitative estimate of drug-likeness (QED) is 0.898. The molecule has 0 spiro atoms. The minimum Gasteiger partial charge on any atom is -0.396 e. The number of fused-ring (bicyclic) bond motifs is 1. The number of hydrogen-bond donors (Lipinski definition) is 1. The van der Waals surface area contributed by atoms with Crippen LogP contribution in [0.25, 0.3) is 11.2 Å². The number of hydrogen-bond acceptors (Lipinski definition) is 4. The van der Waals surface area contributed by atoms with Crippen LogP contribution in [0.4, 0.5) is 0 Å². The predicted molar refractivity (Wildman–Crippen MR) is 74.1 cm³/mol. The normalized spacial score (nSPS) is 20.4. The van der Waals surface area contributed by atoms with Crippen molar-refractivity contribution in [2.45, 2.75) is 25.8 Å². The van der Waals surface area contributed by atoms with Crippen LogP contribution in [-0.2, 0) is 6.42 Å². The van der Waals surface area contributed by atoms with Crippen LogP contribution in [0.3, 0.4) is 0 Å². The van der Waals surface area contributed by atoms with E-state index in [0.717, 1.165) is 43.0 Å². The molecule has 0 amide bonds. The minimum absolute atomic E-state index is 0.132. The molecule has 5 nitrogen and oxygen atoms in total. The smallest absolute Gasteiger partial charge is 0.160 e. The fraction of sp³-hybridized carbons (Fsp3) is 0.571. The highest BCUT2D eigenvalue weighted by Crippen LogP contribution is 2.27. The number of likely N-dealkylation sites (tertiary alicyclic amines) is 1. The molecule has 1 aliphatic heterocycles. The average Bonchev–Trinajstić information content (AvgIpc) is 3.02. The van der Waals surface area contributed by atoms with Gasteiger partial charge in [-0.1, -0.05) is 6.92 Å². The SMILES string of the molecule is CCN1CCC(n2c(CCO)nc3cccnc32)C1. The Kier molecular flexibility index (Phi) is 3.48. The third kappa shape index (κ3) is 2.24. The topological polar surface area (TPSA) is 54.2 Å². The van der Waals surface area contributed by atoms with Gasteiger partial charge in [-0.3, -0.25) is 0 Å². The fourth-order valence-corrected chi connectivity index (χ4v) is 2.95. The van der Waals surface area contributed by atoms with E-state index in [9.17, 15) is 5.11 Å². The molecule has 1 aliphatic rings. The van der Waals surface area contributed by atoms with Gasteiger partial charge in [0.05, 0.1) is 12.6 Å². The maximum atomic E-state index is 9.23. The number of pyridine rings is 1. The maximum Gasteiger partial charge on any atom is 0.160 e. The molecule has 0 saturated carbocycles. The molecule has 1 fully saturated rings. The molecule has 0 aliphatic carbocycles. The van der Waals surface area contributed by atoms with Crippen molar-refractivity contribution in [1.29, 1.82) is 0 Å². The molecule has 2 aromatic heterocycles. The molecular weight excluding hydrogens is 240 g/mol. The van der Waals surface area contributed by atoms with Gasteiger partial charge in [-0.2, -0.15) is 0 Å². The van der Waals surface area contributed by atoms with Crippen molar-refractivity contribution in [3.05, 3.63) is 24.2 Å². The van der Waals surface area contributed by atoms with Crippen LogP contribution >= 0.6 is 0 Å². The summed E-state index contributed by atoms with van der Waals surface area (Å²) in [4.78, 5) is 11.5. The minimum atomic E-state index is 0.132. The zero-order valence-electron chi connectivity index (χ0n) is 11.3. The Morgan fingerprint density at radius 1 is 1.47 bits per heavy atom. The lowest BCUT2D eigenvalue weighted by atomic mass is 10.2. The van der Waals surface area contributed by atoms with Crippen LogP contribution in [-0.4, -0.2) is 50.8 Å². The summed E-state index contributed by atoms with van der Waals surface area (Å²) < 4.78 is 2.24. The van der Waals surface area contributed by atoms with Crippen LogP contribution in [0.2, 0.25) is 0 Å². The Hall–Kier alpha value is -1.46. The molecule has 1 unspecified atom stereocenters. The predicted octanol–water partition coefficient (Wildman–Crippen LogP) is 1.23. The average molecular weight is 260 g/mol. The first kappa shape index (κ1) is 12.6. The lowest BCUT2D eigenvalue weighted by Crippen LogP contribution is -2.22. The van der Waals surface area contributed by atoms with Crippen LogP contribution in [0.1, 0.15) is 25.2 Å². The van der Waals surface area contributed by atoms with Gasteiger partial charge in [-0.15, -0.1) is 0 Å². The number of rotatable bonds is 4. The molecule has 1 saturated heterocycles. The molecule has 5 heteroatoms. The molecule has 1 N–H and O–H groups in total. The number of aromatic nitrogens is 3. The molecule has 3 heterocycles. The summed E-state index contributed by atoms with van der Waals surface area (Å²) in [5.74, 6) is 0.958. The summed E-state index contributed by atoms with van der Waals surface area (Å²) in [6.45, 7) is 5.60. The standard InChI is InChI=1S/C14H20N4O/c1-2-17-8-5-11(10-17)18-13(6-9-19)16-12-4-3-7-15-14(12)18/h3-4,7,11,19H,2,5-6,8-10H2,1H3. The molecule has 19 heavy (non-hydrogen) atoms. The van der Waals surface area contributed by atoms with E-state index in [4.69, 9.17) is 0 Å². The third-order valence-corrected chi connectivity index (χ3v) is 3.92. The monoisotopic (exact) mass is 260 g/mol. The van der Waals surface area contributed by atoms with Crippen molar-refractivity contribution < 1.29 is 5.11 Å². The first-order valence-corrected chi connectivity index (χ1v) is 6.98. The number of aliphatic hydroxyl groups excluding tert-OH is 1. The summed E-state index contributed by atoms with van der Waals surface area (Å²) in [6.07, 6.45) is 3.54. The molecule has 0 aromatic carbocycles. The Morgan fingerprint density at radius 3 is 3.11 bits per heavy atom. The summed E-state index contributed by atoms with van der Waals surface area (Å²) in [5.41, 5.74) is 1.88. The first-order chi connectivity index (χ1) is 9.33. The number of aliphatic hydroxyl groups is 1. The summed E-state index contributed by atoms with van der Waals surface area (Å²) in [5, 5.41) is 9.23. The number of likely N-dealkylation sites (N-methyl/N-ethyl adjacent to an activating group) is 1. The number of nitrogens with zero attached hydrogens (tertiary/aromatic N) is 4. The van der Waals surface area contributed by atoms with Crippen LogP contribution in [0, 0.1) is 0 Å². The van der Waals surface area contributed by atoms with Gasteiger partial charge in [0.1, 0.15) is 11.3 Å². The summed E-state index contributed by atoms with van der Waals surface area (Å²) >= 11 is 0. The Labute approximate surface area is 112 Å². The van der Waals surface area contributed by atoms with Crippen molar-refractivity contribution in [3.63, 3.8) is 0 Å². The lowest BCUT2D eigenvalue weighted by molar-refractivity contribution is 0.292. The largest absolute Gasteiger partial charge is 0.396 e. The maximum absolute atomic E-state index is 9.23. The van der Waals surface area contributed by atoms with E-state index in [1.165, 1.54) is 0 Å². The molecule has 0 bridgehead atoms. The summed E-state index contributed by atoms with van der Waals surface area (Å²) in [7, 11) is 0. The van der Waals surface area contributed by atoms with Crippen LogP contribution in [0.15, 0.2) is 18.3 Å². The van der Waals surface area contributed by atoms with Gasteiger partial charge in [0.2, 0.25) is 0 Å². The van der Waals surface area contributed by atoms with E-state index in [-0.39, 0.29) is 6.61 Å². The van der Waals surface area contributed by atoms with Gasteiger partial charge in [0, 0.05) is 25.7 Å². The first-order valence-electron chi connectivity index (χ1n) is 6.98. The second-order valence-corrected chi connectivity index (χ2v) is 5.05. The van der Waals surface area contributed by atoms with E-state index >= 15 is 0 Å². The molecule has 1 atom stereocenters. The van der Waals surface area contributed by atoms with Crippen molar-refractivity contribution in [1.82, 2.24) is 19.4 Å². The summed E-state index contributed by atoms with van der Waals surface area (Å²) in [6, 6.07) is 4.34. The fourth-order valence-electron chi connectivity index (χ4n) is 2.95. The second kappa shape index (κ2) is 5.27.